The summed E-state index contributed by atoms with van der Waals surface area (Å²) < 4.78 is 20.9. The molecule has 0 saturated carbocycles. The van der Waals surface area contributed by atoms with E-state index in [0.29, 0.717) is 18.7 Å². The SMILES string of the molecule is Cn1c(CN2CCOCC2)nnc1[C@H]1CCCN(C(=O)c2cccc(F)c2)C1. The van der Waals surface area contributed by atoms with E-state index < -0.39 is 0 Å². The Hall–Kier alpha value is -2.32. The van der Waals surface area contributed by atoms with Gasteiger partial charge in [0.05, 0.1) is 19.8 Å². The van der Waals surface area contributed by atoms with Gasteiger partial charge in [-0.15, -0.1) is 10.2 Å². The minimum absolute atomic E-state index is 0.125. The first-order chi connectivity index (χ1) is 13.6. The Labute approximate surface area is 164 Å². The quantitative estimate of drug-likeness (QED) is 0.801. The highest BCUT2D eigenvalue weighted by molar-refractivity contribution is 5.94. The number of likely N-dealkylation sites (tertiary alicyclic amines) is 1. The molecule has 0 spiro atoms. The first-order valence-electron chi connectivity index (χ1n) is 9.85. The summed E-state index contributed by atoms with van der Waals surface area (Å²) in [4.78, 5) is 16.9. The number of piperidine rings is 1. The Balaban J connectivity index is 1.45. The van der Waals surface area contributed by atoms with Crippen molar-refractivity contribution < 1.29 is 13.9 Å². The van der Waals surface area contributed by atoms with Crippen molar-refractivity contribution in [2.75, 3.05) is 39.4 Å². The standard InChI is InChI=1S/C20H26FN5O2/c1-24-18(14-25-8-10-28-11-9-25)22-23-19(24)16-5-3-7-26(13-16)20(27)15-4-2-6-17(21)12-15/h2,4,6,12,16H,3,5,7-11,13-14H2,1H3/t16-/m0/s1. The number of carbonyl (C=O) groups excluding carboxylic acids is 1. The molecule has 28 heavy (non-hydrogen) atoms. The fraction of sp³-hybridized carbons (Fsp3) is 0.550. The van der Waals surface area contributed by atoms with Gasteiger partial charge in [0.25, 0.3) is 5.91 Å². The van der Waals surface area contributed by atoms with Crippen LogP contribution >= 0.6 is 0 Å². The number of morpholine rings is 1. The molecule has 2 aliphatic rings. The van der Waals surface area contributed by atoms with Crippen LogP contribution in [0.15, 0.2) is 24.3 Å². The van der Waals surface area contributed by atoms with Crippen LogP contribution in [0.1, 0.15) is 40.8 Å². The molecule has 1 aromatic carbocycles. The average molecular weight is 387 g/mol. The predicted molar refractivity (Wildman–Crippen MR) is 101 cm³/mol. The molecule has 0 unspecified atom stereocenters. The lowest BCUT2D eigenvalue weighted by atomic mass is 9.96. The molecule has 1 aromatic heterocycles. The summed E-state index contributed by atoms with van der Waals surface area (Å²) in [5.74, 6) is 1.48. The zero-order valence-corrected chi connectivity index (χ0v) is 16.2. The van der Waals surface area contributed by atoms with Gasteiger partial charge in [-0.2, -0.15) is 0 Å². The highest BCUT2D eigenvalue weighted by Crippen LogP contribution is 2.27. The summed E-state index contributed by atoms with van der Waals surface area (Å²) in [5, 5.41) is 8.84. The maximum atomic E-state index is 13.5. The van der Waals surface area contributed by atoms with Crippen LogP contribution in [-0.2, 0) is 18.3 Å². The van der Waals surface area contributed by atoms with Gasteiger partial charge in [-0.05, 0) is 31.0 Å². The largest absolute Gasteiger partial charge is 0.379 e. The Bertz CT molecular complexity index is 834. The highest BCUT2D eigenvalue weighted by atomic mass is 19.1. The molecular formula is C20H26FN5O2. The number of benzene rings is 1. The Morgan fingerprint density at radius 3 is 2.86 bits per heavy atom. The Kier molecular flexibility index (Phi) is 5.68. The minimum atomic E-state index is -0.388. The van der Waals surface area contributed by atoms with Gasteiger partial charge in [0, 0.05) is 44.7 Å². The summed E-state index contributed by atoms with van der Waals surface area (Å²) in [6, 6.07) is 5.89. The number of hydrogen-bond donors (Lipinski definition) is 0. The van der Waals surface area contributed by atoms with Crippen LogP contribution < -0.4 is 0 Å². The first-order valence-corrected chi connectivity index (χ1v) is 9.85. The number of amides is 1. The lowest BCUT2D eigenvalue weighted by molar-refractivity contribution is 0.0326. The molecule has 0 bridgehead atoms. The summed E-state index contributed by atoms with van der Waals surface area (Å²) in [5.41, 5.74) is 0.395. The number of aromatic nitrogens is 3. The van der Waals surface area contributed by atoms with Crippen LogP contribution in [0.2, 0.25) is 0 Å². The molecular weight excluding hydrogens is 361 g/mol. The lowest BCUT2D eigenvalue weighted by Crippen LogP contribution is -2.40. The van der Waals surface area contributed by atoms with Crippen molar-refractivity contribution in [2.24, 2.45) is 7.05 Å². The van der Waals surface area contributed by atoms with E-state index in [2.05, 4.69) is 19.7 Å². The van der Waals surface area contributed by atoms with Gasteiger partial charge < -0.3 is 14.2 Å². The number of rotatable bonds is 4. The molecule has 1 amide bonds. The van der Waals surface area contributed by atoms with Crippen molar-refractivity contribution in [3.8, 4) is 0 Å². The van der Waals surface area contributed by atoms with E-state index in [9.17, 15) is 9.18 Å². The van der Waals surface area contributed by atoms with Crippen LogP contribution in [-0.4, -0.2) is 69.9 Å². The van der Waals surface area contributed by atoms with E-state index in [1.54, 1.807) is 17.0 Å². The third-order valence-corrected chi connectivity index (χ3v) is 5.61. The van der Waals surface area contributed by atoms with Crippen molar-refractivity contribution in [1.29, 1.82) is 0 Å². The first kappa shape index (κ1) is 19.0. The topological polar surface area (TPSA) is 63.5 Å². The number of hydrogen-bond acceptors (Lipinski definition) is 5. The molecule has 0 N–H and O–H groups in total. The molecule has 8 heteroatoms. The van der Waals surface area contributed by atoms with Gasteiger partial charge in [0.1, 0.15) is 17.5 Å². The van der Waals surface area contributed by atoms with Crippen molar-refractivity contribution in [1.82, 2.24) is 24.6 Å². The monoisotopic (exact) mass is 387 g/mol. The third kappa shape index (κ3) is 4.07. The van der Waals surface area contributed by atoms with Crippen LogP contribution in [0.5, 0.6) is 0 Å². The second-order valence-corrected chi connectivity index (χ2v) is 7.52. The maximum Gasteiger partial charge on any atom is 0.253 e. The summed E-state index contributed by atoms with van der Waals surface area (Å²) >= 11 is 0. The number of carbonyl (C=O) groups is 1. The number of nitrogens with zero attached hydrogens (tertiary/aromatic N) is 5. The highest BCUT2D eigenvalue weighted by Gasteiger charge is 2.29. The Morgan fingerprint density at radius 2 is 2.07 bits per heavy atom. The van der Waals surface area contributed by atoms with Crippen LogP contribution in [0.4, 0.5) is 4.39 Å². The van der Waals surface area contributed by atoms with Gasteiger partial charge >= 0.3 is 0 Å². The molecule has 0 radical (unpaired) electrons. The van der Waals surface area contributed by atoms with Crippen LogP contribution in [0.25, 0.3) is 0 Å². The van der Waals surface area contributed by atoms with Crippen LogP contribution in [0, 0.1) is 5.82 Å². The molecule has 1 atom stereocenters. The summed E-state index contributed by atoms with van der Waals surface area (Å²) in [6.07, 6.45) is 1.87. The fourth-order valence-corrected chi connectivity index (χ4v) is 4.00. The van der Waals surface area contributed by atoms with Gasteiger partial charge in [0.2, 0.25) is 0 Å². The molecule has 2 saturated heterocycles. The van der Waals surface area contributed by atoms with Crippen molar-refractivity contribution in [2.45, 2.75) is 25.3 Å². The molecule has 7 nitrogen and oxygen atoms in total. The number of ether oxygens (including phenoxy) is 1. The zero-order valence-electron chi connectivity index (χ0n) is 16.2. The van der Waals surface area contributed by atoms with E-state index in [4.69, 9.17) is 4.74 Å². The van der Waals surface area contributed by atoms with E-state index >= 15 is 0 Å². The predicted octanol–water partition coefficient (Wildman–Crippen LogP) is 1.81. The molecule has 0 aliphatic carbocycles. The van der Waals surface area contributed by atoms with Gasteiger partial charge in [-0.3, -0.25) is 9.69 Å². The summed E-state index contributed by atoms with van der Waals surface area (Å²) in [7, 11) is 2.00. The van der Waals surface area contributed by atoms with Crippen molar-refractivity contribution in [3.63, 3.8) is 0 Å². The van der Waals surface area contributed by atoms with Crippen molar-refractivity contribution >= 4 is 5.91 Å². The minimum Gasteiger partial charge on any atom is -0.379 e. The van der Waals surface area contributed by atoms with E-state index in [-0.39, 0.29) is 17.6 Å². The fourth-order valence-electron chi connectivity index (χ4n) is 4.00. The smallest absolute Gasteiger partial charge is 0.253 e. The molecule has 2 aliphatic heterocycles. The maximum absolute atomic E-state index is 13.5. The van der Waals surface area contributed by atoms with Crippen molar-refractivity contribution in [3.05, 3.63) is 47.3 Å². The molecule has 2 fully saturated rings. The zero-order chi connectivity index (χ0) is 19.5. The summed E-state index contributed by atoms with van der Waals surface area (Å²) in [6.45, 7) is 5.34. The second kappa shape index (κ2) is 8.36. The van der Waals surface area contributed by atoms with Crippen LogP contribution in [0.3, 0.4) is 0 Å². The van der Waals surface area contributed by atoms with E-state index in [0.717, 1.165) is 57.3 Å². The van der Waals surface area contributed by atoms with E-state index in [1.165, 1.54) is 12.1 Å². The molecule has 3 heterocycles. The van der Waals surface area contributed by atoms with Gasteiger partial charge in [-0.1, -0.05) is 6.07 Å². The molecule has 4 rings (SSSR count). The Morgan fingerprint density at radius 1 is 1.25 bits per heavy atom. The third-order valence-electron chi connectivity index (χ3n) is 5.61. The lowest BCUT2D eigenvalue weighted by Gasteiger charge is -2.32. The van der Waals surface area contributed by atoms with Gasteiger partial charge in [0.15, 0.2) is 0 Å². The van der Waals surface area contributed by atoms with Gasteiger partial charge in [-0.25, -0.2) is 4.39 Å². The molecule has 150 valence electrons. The second-order valence-electron chi connectivity index (χ2n) is 7.52. The average Bonchev–Trinajstić information content (AvgIpc) is 3.08. The number of halogens is 1. The molecule has 2 aromatic rings. The normalized spacial score (nSPS) is 21.1. The van der Waals surface area contributed by atoms with E-state index in [1.807, 2.05) is 7.05 Å².